The Morgan fingerprint density at radius 1 is 1.30 bits per heavy atom. The van der Waals surface area contributed by atoms with Gasteiger partial charge in [0.15, 0.2) is 0 Å². The van der Waals surface area contributed by atoms with Crippen LogP contribution in [0.3, 0.4) is 0 Å². The van der Waals surface area contributed by atoms with E-state index in [1.54, 1.807) is 6.92 Å². The molecule has 0 saturated heterocycles. The minimum atomic E-state index is -0.371. The molecule has 8 heteroatoms. The molecule has 1 aromatic carbocycles. The maximum atomic E-state index is 13.0. The Bertz CT molecular complexity index is 1020. The van der Waals surface area contributed by atoms with E-state index in [4.69, 9.17) is 0 Å². The molecule has 2 heterocycles. The molecule has 0 spiro atoms. The van der Waals surface area contributed by atoms with Crippen LogP contribution in [0.15, 0.2) is 29.1 Å². The minimum Gasteiger partial charge on any atom is -0.321 e. The van der Waals surface area contributed by atoms with Crippen LogP contribution in [0, 0.1) is 19.7 Å². The average molecular weight is 388 g/mol. The van der Waals surface area contributed by atoms with E-state index < -0.39 is 0 Å². The molecule has 0 saturated carbocycles. The highest BCUT2D eigenvalue weighted by Gasteiger charge is 2.20. The summed E-state index contributed by atoms with van der Waals surface area (Å²) in [4.78, 5) is 30.0. The molecule has 0 fully saturated rings. The van der Waals surface area contributed by atoms with Crippen molar-refractivity contribution in [2.75, 3.05) is 5.32 Å². The van der Waals surface area contributed by atoms with Crippen LogP contribution in [-0.2, 0) is 6.42 Å². The number of amides is 1. The molecule has 0 aliphatic heterocycles. The zero-order valence-electron chi connectivity index (χ0n) is 15.4. The zero-order chi connectivity index (χ0) is 19.6. The summed E-state index contributed by atoms with van der Waals surface area (Å²) in [6, 6.07) is 5.53. The first-order valence-electron chi connectivity index (χ1n) is 8.76. The largest absolute Gasteiger partial charge is 0.321 e. The standard InChI is InChI=1S/C19H21FN4O2S/c1-4-5-6-15-11(2)23-24(18(15)26)19-21-12(3)16(27-19)17(25)22-14-9-7-13(20)8-10-14/h7-10,23H,4-6H2,1-3H3,(H,22,25). The lowest BCUT2D eigenvalue weighted by molar-refractivity contribution is 0.103. The number of carbonyl (C=O) groups is 1. The smallest absolute Gasteiger partial charge is 0.276 e. The lowest BCUT2D eigenvalue weighted by atomic mass is 10.1. The molecule has 3 aromatic rings. The van der Waals surface area contributed by atoms with Gasteiger partial charge >= 0.3 is 0 Å². The SMILES string of the molecule is CCCCc1c(C)[nH]n(-c2nc(C)c(C(=O)Nc3ccc(F)cc3)s2)c1=O. The maximum absolute atomic E-state index is 13.0. The van der Waals surface area contributed by atoms with Gasteiger partial charge in [-0.2, -0.15) is 4.68 Å². The fourth-order valence-electron chi connectivity index (χ4n) is 2.77. The number of aromatic nitrogens is 3. The van der Waals surface area contributed by atoms with E-state index in [2.05, 4.69) is 22.3 Å². The molecule has 0 radical (unpaired) electrons. The zero-order valence-corrected chi connectivity index (χ0v) is 16.2. The Balaban J connectivity index is 1.87. The highest BCUT2D eigenvalue weighted by molar-refractivity contribution is 7.16. The number of aromatic amines is 1. The summed E-state index contributed by atoms with van der Waals surface area (Å²) in [5.74, 6) is -0.713. The van der Waals surface area contributed by atoms with Crippen LogP contribution in [-0.4, -0.2) is 20.7 Å². The van der Waals surface area contributed by atoms with Crippen LogP contribution in [0.5, 0.6) is 0 Å². The predicted molar refractivity (Wildman–Crippen MR) is 105 cm³/mol. The molecule has 0 bridgehead atoms. The van der Waals surface area contributed by atoms with E-state index in [9.17, 15) is 14.0 Å². The summed E-state index contributed by atoms with van der Waals surface area (Å²) in [6.07, 6.45) is 2.66. The molecule has 0 aliphatic carbocycles. The van der Waals surface area contributed by atoms with Crippen molar-refractivity contribution >= 4 is 22.9 Å². The topological polar surface area (TPSA) is 79.8 Å². The summed E-state index contributed by atoms with van der Waals surface area (Å²) < 4.78 is 14.4. The van der Waals surface area contributed by atoms with Crippen LogP contribution in [0.2, 0.25) is 0 Å². The number of nitrogens with one attached hydrogen (secondary N) is 2. The first-order chi connectivity index (χ1) is 12.9. The summed E-state index contributed by atoms with van der Waals surface area (Å²) >= 11 is 1.14. The van der Waals surface area contributed by atoms with Gasteiger partial charge in [0.1, 0.15) is 10.7 Å². The average Bonchev–Trinajstić information content (AvgIpc) is 3.15. The summed E-state index contributed by atoms with van der Waals surface area (Å²) in [5, 5.41) is 6.19. The first kappa shape index (κ1) is 19.0. The molecule has 0 atom stereocenters. The molecule has 2 aromatic heterocycles. The summed E-state index contributed by atoms with van der Waals surface area (Å²) in [7, 11) is 0. The Morgan fingerprint density at radius 3 is 2.67 bits per heavy atom. The van der Waals surface area contributed by atoms with Gasteiger partial charge in [0.05, 0.1) is 5.69 Å². The van der Waals surface area contributed by atoms with Gasteiger partial charge in [-0.15, -0.1) is 0 Å². The second-order valence-corrected chi connectivity index (χ2v) is 7.31. The van der Waals surface area contributed by atoms with Crippen molar-refractivity contribution in [3.8, 4) is 5.13 Å². The van der Waals surface area contributed by atoms with Crippen LogP contribution < -0.4 is 10.9 Å². The summed E-state index contributed by atoms with van der Waals surface area (Å²) in [6.45, 7) is 5.67. The van der Waals surface area contributed by atoms with Crippen LogP contribution in [0.25, 0.3) is 5.13 Å². The van der Waals surface area contributed by atoms with Crippen molar-refractivity contribution in [3.63, 3.8) is 0 Å². The molecule has 6 nitrogen and oxygen atoms in total. The second kappa shape index (κ2) is 7.87. The minimum absolute atomic E-state index is 0.125. The third-order valence-corrected chi connectivity index (χ3v) is 5.40. The Kier molecular flexibility index (Phi) is 5.55. The van der Waals surface area contributed by atoms with E-state index in [1.165, 1.54) is 28.9 Å². The number of benzene rings is 1. The van der Waals surface area contributed by atoms with Gasteiger partial charge in [0.2, 0.25) is 5.13 Å². The lowest BCUT2D eigenvalue weighted by Crippen LogP contribution is -2.17. The number of hydrogen-bond acceptors (Lipinski definition) is 4. The molecular weight excluding hydrogens is 367 g/mol. The predicted octanol–water partition coefficient (Wildman–Crippen LogP) is 3.97. The molecule has 2 N–H and O–H groups in total. The van der Waals surface area contributed by atoms with Crippen molar-refractivity contribution in [2.45, 2.75) is 40.0 Å². The van der Waals surface area contributed by atoms with E-state index in [1.807, 2.05) is 6.92 Å². The van der Waals surface area contributed by atoms with E-state index in [0.717, 1.165) is 35.4 Å². The number of halogens is 1. The normalized spacial score (nSPS) is 11.0. The number of H-pyrrole nitrogens is 1. The molecule has 0 aliphatic rings. The molecule has 0 unspecified atom stereocenters. The van der Waals surface area contributed by atoms with Crippen LogP contribution >= 0.6 is 11.3 Å². The van der Waals surface area contributed by atoms with Gasteiger partial charge in [0, 0.05) is 16.9 Å². The third kappa shape index (κ3) is 4.00. The lowest BCUT2D eigenvalue weighted by Gasteiger charge is -2.03. The Labute approximate surface area is 160 Å². The maximum Gasteiger partial charge on any atom is 0.276 e. The van der Waals surface area contributed by atoms with Crippen molar-refractivity contribution in [1.82, 2.24) is 14.8 Å². The number of rotatable bonds is 6. The molecular formula is C19H21FN4O2S. The van der Waals surface area contributed by atoms with Gasteiger partial charge in [-0.3, -0.25) is 14.7 Å². The number of carbonyl (C=O) groups excluding carboxylic acids is 1. The molecule has 3 rings (SSSR count). The quantitative estimate of drug-likeness (QED) is 0.670. The number of anilines is 1. The molecule has 1 amide bonds. The number of hydrogen-bond donors (Lipinski definition) is 2. The van der Waals surface area contributed by atoms with Crippen molar-refractivity contribution in [2.24, 2.45) is 0 Å². The van der Waals surface area contributed by atoms with Crippen molar-refractivity contribution in [3.05, 3.63) is 62.3 Å². The van der Waals surface area contributed by atoms with E-state index in [0.29, 0.717) is 27.8 Å². The van der Waals surface area contributed by atoms with Gasteiger partial charge in [0.25, 0.3) is 11.5 Å². The monoisotopic (exact) mass is 388 g/mol. The number of aryl methyl sites for hydroxylation is 2. The number of nitrogens with zero attached hydrogens (tertiary/aromatic N) is 2. The van der Waals surface area contributed by atoms with E-state index in [-0.39, 0.29) is 17.3 Å². The van der Waals surface area contributed by atoms with E-state index >= 15 is 0 Å². The number of thiazole rings is 1. The third-order valence-electron chi connectivity index (χ3n) is 4.26. The van der Waals surface area contributed by atoms with Crippen LogP contribution in [0.1, 0.15) is 46.4 Å². The second-order valence-electron chi connectivity index (χ2n) is 6.33. The molecule has 142 valence electrons. The number of unbranched alkanes of at least 4 members (excludes halogenated alkanes) is 1. The van der Waals surface area contributed by atoms with Crippen molar-refractivity contribution in [1.29, 1.82) is 0 Å². The fraction of sp³-hybridized carbons (Fsp3) is 0.316. The highest BCUT2D eigenvalue weighted by Crippen LogP contribution is 2.22. The Morgan fingerprint density at radius 2 is 2.00 bits per heavy atom. The Hall–Kier alpha value is -2.74. The van der Waals surface area contributed by atoms with Gasteiger partial charge in [-0.05, 0) is 51.0 Å². The fourth-order valence-corrected chi connectivity index (χ4v) is 3.70. The van der Waals surface area contributed by atoms with Crippen LogP contribution in [0.4, 0.5) is 10.1 Å². The van der Waals surface area contributed by atoms with Gasteiger partial charge in [-0.25, -0.2) is 9.37 Å². The van der Waals surface area contributed by atoms with Crippen molar-refractivity contribution < 1.29 is 9.18 Å². The molecule has 27 heavy (non-hydrogen) atoms. The van der Waals surface area contributed by atoms with Gasteiger partial charge < -0.3 is 5.32 Å². The highest BCUT2D eigenvalue weighted by atomic mass is 32.1. The summed E-state index contributed by atoms with van der Waals surface area (Å²) in [5.41, 5.74) is 2.47. The first-order valence-corrected chi connectivity index (χ1v) is 9.57. The van der Waals surface area contributed by atoms with Gasteiger partial charge in [-0.1, -0.05) is 24.7 Å².